The number of carbonyl (C=O) groups excluding carboxylic acids is 4. The summed E-state index contributed by atoms with van der Waals surface area (Å²) in [5.41, 5.74) is 2.22. The van der Waals surface area contributed by atoms with E-state index in [1.165, 1.54) is 17.9 Å². The molecule has 0 saturated heterocycles. The summed E-state index contributed by atoms with van der Waals surface area (Å²) in [5, 5.41) is 22.3. The van der Waals surface area contributed by atoms with E-state index in [0.29, 0.717) is 17.0 Å². The molecule has 0 unspecified atom stereocenters. The molecular weight excluding hydrogens is 530 g/mol. The minimum absolute atomic E-state index is 0.0478. The van der Waals surface area contributed by atoms with E-state index in [9.17, 15) is 24.3 Å². The molecule has 41 heavy (non-hydrogen) atoms. The van der Waals surface area contributed by atoms with Crippen LogP contribution in [0.5, 0.6) is 5.75 Å². The molecule has 1 aromatic heterocycles. The molecule has 4 rings (SSSR count). The molecule has 0 aliphatic carbocycles. The van der Waals surface area contributed by atoms with Crippen LogP contribution < -0.4 is 20.7 Å². The molecule has 0 fully saturated rings. The Morgan fingerprint density at radius 3 is 2.54 bits per heavy atom. The Hall–Kier alpha value is -4.71. The lowest BCUT2D eigenvalue weighted by molar-refractivity contribution is -0.125. The summed E-state index contributed by atoms with van der Waals surface area (Å²) in [7, 11) is 0. The van der Waals surface area contributed by atoms with Crippen molar-refractivity contribution >= 4 is 23.6 Å². The minimum Gasteiger partial charge on any atom is -0.491 e. The van der Waals surface area contributed by atoms with Gasteiger partial charge in [-0.3, -0.25) is 19.2 Å². The lowest BCUT2D eigenvalue weighted by atomic mass is 10.1. The number of hydrogen-bond donors (Lipinski definition) is 4. The van der Waals surface area contributed by atoms with Gasteiger partial charge in [-0.05, 0) is 38.5 Å². The SMILES string of the molecule is Cc1ccc2cc1OCCNC(=O)CN(C(=O)c1c(-c3ccccc3)noc1C)CCNC(=O)[C@H]([C@@H](C)O)NC2=O. The molecule has 12 nitrogen and oxygen atoms in total. The maximum Gasteiger partial charge on any atom is 0.260 e. The van der Waals surface area contributed by atoms with Crippen molar-refractivity contribution in [1.82, 2.24) is 26.0 Å². The van der Waals surface area contributed by atoms with Crippen molar-refractivity contribution < 1.29 is 33.5 Å². The molecule has 4 N–H and O–H groups in total. The van der Waals surface area contributed by atoms with E-state index in [0.717, 1.165) is 5.56 Å². The Morgan fingerprint density at radius 1 is 1.05 bits per heavy atom. The van der Waals surface area contributed by atoms with Crippen LogP contribution in [-0.4, -0.2) is 83.7 Å². The monoisotopic (exact) mass is 563 g/mol. The van der Waals surface area contributed by atoms with Gasteiger partial charge in [0.1, 0.15) is 35.4 Å². The summed E-state index contributed by atoms with van der Waals surface area (Å²) in [6.45, 7) is 4.66. The van der Waals surface area contributed by atoms with Crippen LogP contribution in [0, 0.1) is 13.8 Å². The Bertz CT molecular complexity index is 1420. The summed E-state index contributed by atoms with van der Waals surface area (Å²) < 4.78 is 11.1. The van der Waals surface area contributed by atoms with Crippen molar-refractivity contribution in [2.75, 3.05) is 32.8 Å². The van der Waals surface area contributed by atoms with Crippen molar-refractivity contribution in [2.24, 2.45) is 0 Å². The summed E-state index contributed by atoms with van der Waals surface area (Å²) in [6.07, 6.45) is -1.21. The van der Waals surface area contributed by atoms with Gasteiger partial charge in [-0.2, -0.15) is 0 Å². The average Bonchev–Trinajstić information content (AvgIpc) is 3.34. The van der Waals surface area contributed by atoms with Crippen molar-refractivity contribution in [3.8, 4) is 17.0 Å². The number of aliphatic hydroxyl groups excluding tert-OH is 1. The fraction of sp³-hybridized carbons (Fsp3) is 0.345. The molecule has 216 valence electrons. The van der Waals surface area contributed by atoms with Crippen LogP contribution in [0.3, 0.4) is 0 Å². The van der Waals surface area contributed by atoms with Gasteiger partial charge in [0, 0.05) is 24.2 Å². The zero-order chi connectivity index (χ0) is 29.5. The van der Waals surface area contributed by atoms with Gasteiger partial charge in [-0.1, -0.05) is 41.6 Å². The fourth-order valence-electron chi connectivity index (χ4n) is 4.36. The highest BCUT2D eigenvalue weighted by molar-refractivity contribution is 6.02. The zero-order valence-corrected chi connectivity index (χ0v) is 23.1. The standard InChI is InChI=1S/C29H33N5O7/c1-17-9-10-21-15-22(17)40-14-12-30-23(36)16-34(13-11-31-28(38)25(18(2)35)32-27(21)37)29(39)24-19(3)41-33-26(24)20-7-5-4-6-8-20/h4-10,15,18,25,35H,11-14,16H2,1-3H3,(H,30,36)(H,31,38)(H,32,37)/t18-,25+/m1/s1. The smallest absolute Gasteiger partial charge is 0.260 e. The third-order valence-corrected chi connectivity index (χ3v) is 6.61. The lowest BCUT2D eigenvalue weighted by Gasteiger charge is -2.24. The van der Waals surface area contributed by atoms with E-state index >= 15 is 0 Å². The second-order valence-corrected chi connectivity index (χ2v) is 9.72. The number of aryl methyl sites for hydroxylation is 2. The van der Waals surface area contributed by atoms with Gasteiger partial charge >= 0.3 is 0 Å². The summed E-state index contributed by atoms with van der Waals surface area (Å²) in [6, 6.07) is 12.6. The van der Waals surface area contributed by atoms with Crippen molar-refractivity contribution in [1.29, 1.82) is 0 Å². The van der Waals surface area contributed by atoms with Crippen molar-refractivity contribution in [3.05, 3.63) is 71.0 Å². The quantitative estimate of drug-likeness (QED) is 0.369. The molecule has 0 saturated carbocycles. The molecule has 2 aromatic carbocycles. The number of hydrogen-bond acceptors (Lipinski definition) is 8. The predicted octanol–water partition coefficient (Wildman–Crippen LogP) is 1.20. The zero-order valence-electron chi connectivity index (χ0n) is 23.1. The van der Waals surface area contributed by atoms with Gasteiger partial charge in [0.15, 0.2) is 0 Å². The highest BCUT2D eigenvalue weighted by Gasteiger charge is 2.29. The van der Waals surface area contributed by atoms with Crippen molar-refractivity contribution in [2.45, 2.75) is 32.9 Å². The molecular formula is C29H33N5O7. The first-order chi connectivity index (χ1) is 19.7. The maximum absolute atomic E-state index is 13.8. The molecule has 1 aliphatic rings. The molecule has 3 aromatic rings. The van der Waals surface area contributed by atoms with E-state index in [2.05, 4.69) is 21.1 Å². The lowest BCUT2D eigenvalue weighted by Crippen LogP contribution is -2.53. The fourth-order valence-corrected chi connectivity index (χ4v) is 4.36. The number of aromatic nitrogens is 1. The molecule has 4 amide bonds. The van der Waals surface area contributed by atoms with Gasteiger partial charge in [0.25, 0.3) is 11.8 Å². The number of benzene rings is 2. The first-order valence-electron chi connectivity index (χ1n) is 13.2. The summed E-state index contributed by atoms with van der Waals surface area (Å²) in [5.74, 6) is -1.44. The number of aliphatic hydroxyl groups is 1. The van der Waals surface area contributed by atoms with Crippen LogP contribution in [0.2, 0.25) is 0 Å². The second-order valence-electron chi connectivity index (χ2n) is 9.72. The first-order valence-corrected chi connectivity index (χ1v) is 13.2. The van der Waals surface area contributed by atoms with E-state index in [1.54, 1.807) is 31.2 Å². The number of rotatable bonds is 3. The van der Waals surface area contributed by atoms with E-state index in [1.807, 2.05) is 25.1 Å². The highest BCUT2D eigenvalue weighted by atomic mass is 16.5. The number of nitrogens with one attached hydrogen (secondary N) is 3. The highest BCUT2D eigenvalue weighted by Crippen LogP contribution is 2.26. The number of fused-ring (bicyclic) bond motifs is 2. The van der Waals surface area contributed by atoms with E-state index in [-0.39, 0.29) is 49.7 Å². The van der Waals surface area contributed by atoms with E-state index in [4.69, 9.17) is 9.26 Å². The Kier molecular flexibility index (Phi) is 9.35. The van der Waals surface area contributed by atoms with Crippen LogP contribution in [0.15, 0.2) is 53.1 Å². The second kappa shape index (κ2) is 13.1. The van der Waals surface area contributed by atoms with Gasteiger partial charge in [-0.15, -0.1) is 0 Å². The number of ether oxygens (including phenoxy) is 1. The third kappa shape index (κ3) is 7.09. The van der Waals surface area contributed by atoms with Gasteiger partial charge in [-0.25, -0.2) is 0 Å². The molecule has 2 heterocycles. The molecule has 2 bridgehead atoms. The normalized spacial score (nSPS) is 17.9. The molecule has 0 spiro atoms. The number of amides is 4. The molecule has 0 radical (unpaired) electrons. The minimum atomic E-state index is -1.26. The van der Waals surface area contributed by atoms with Crippen LogP contribution in [-0.2, 0) is 9.59 Å². The first kappa shape index (κ1) is 29.3. The topological polar surface area (TPSA) is 163 Å². The molecule has 1 aliphatic heterocycles. The molecule has 2 atom stereocenters. The van der Waals surface area contributed by atoms with Crippen LogP contribution in [0.1, 0.15) is 39.0 Å². The molecule has 12 heteroatoms. The number of carbonyl (C=O) groups is 4. The summed E-state index contributed by atoms with van der Waals surface area (Å²) in [4.78, 5) is 53.8. The van der Waals surface area contributed by atoms with Crippen LogP contribution in [0.25, 0.3) is 11.3 Å². The Labute approximate surface area is 237 Å². The van der Waals surface area contributed by atoms with Gasteiger partial charge in [0.05, 0.1) is 19.2 Å². The van der Waals surface area contributed by atoms with Crippen LogP contribution >= 0.6 is 0 Å². The predicted molar refractivity (Wildman–Crippen MR) is 148 cm³/mol. The van der Waals surface area contributed by atoms with Gasteiger partial charge in [0.2, 0.25) is 11.8 Å². The van der Waals surface area contributed by atoms with Gasteiger partial charge < -0.3 is 35.2 Å². The summed E-state index contributed by atoms with van der Waals surface area (Å²) >= 11 is 0. The largest absolute Gasteiger partial charge is 0.491 e. The van der Waals surface area contributed by atoms with Crippen LogP contribution in [0.4, 0.5) is 0 Å². The maximum atomic E-state index is 13.8. The Balaban J connectivity index is 1.60. The van der Waals surface area contributed by atoms with Crippen molar-refractivity contribution in [3.63, 3.8) is 0 Å². The number of nitrogens with zero attached hydrogens (tertiary/aromatic N) is 2. The van der Waals surface area contributed by atoms with E-state index < -0.39 is 35.8 Å². The third-order valence-electron chi connectivity index (χ3n) is 6.61. The Morgan fingerprint density at radius 2 is 1.80 bits per heavy atom. The average molecular weight is 564 g/mol.